The quantitative estimate of drug-likeness (QED) is 0.818. The van der Waals surface area contributed by atoms with Crippen LogP contribution >= 0.6 is 0 Å². The Kier molecular flexibility index (Phi) is 2.89. The number of nitrogens with zero attached hydrogens (tertiary/aromatic N) is 1. The van der Waals surface area contributed by atoms with E-state index in [0.29, 0.717) is 0 Å². The predicted octanol–water partition coefficient (Wildman–Crippen LogP) is 1.62. The number of benzene rings is 1. The first kappa shape index (κ1) is 12.6. The third-order valence-corrected chi connectivity index (χ3v) is 3.24. The van der Waals surface area contributed by atoms with E-state index in [0.717, 1.165) is 11.3 Å². The minimum Gasteiger partial charge on any atom is -0.340 e. The molecule has 1 fully saturated rings. The van der Waals surface area contributed by atoms with Crippen molar-refractivity contribution in [2.75, 3.05) is 4.90 Å². The Bertz CT molecular complexity index is 508. The van der Waals surface area contributed by atoms with Gasteiger partial charge in [-0.2, -0.15) is 0 Å². The van der Waals surface area contributed by atoms with Gasteiger partial charge in [0.05, 0.1) is 0 Å². The van der Waals surface area contributed by atoms with Gasteiger partial charge in [0.15, 0.2) is 0 Å². The number of aryl methyl sites for hydroxylation is 1. The Labute approximate surface area is 107 Å². The second kappa shape index (κ2) is 4.12. The molecule has 18 heavy (non-hydrogen) atoms. The van der Waals surface area contributed by atoms with E-state index >= 15 is 0 Å². The molecule has 2 amide bonds. The molecule has 96 valence electrons. The van der Waals surface area contributed by atoms with Crippen LogP contribution in [0.1, 0.15) is 26.3 Å². The molecule has 1 heterocycles. The van der Waals surface area contributed by atoms with Crippen LogP contribution in [0.4, 0.5) is 5.69 Å². The van der Waals surface area contributed by atoms with E-state index in [1.54, 1.807) is 25.7 Å². The summed E-state index contributed by atoms with van der Waals surface area (Å²) >= 11 is 0. The van der Waals surface area contributed by atoms with Crippen LogP contribution in [-0.4, -0.2) is 23.4 Å². The normalized spacial score (nSPS) is 22.9. The van der Waals surface area contributed by atoms with Gasteiger partial charge in [-0.3, -0.25) is 14.5 Å². The van der Waals surface area contributed by atoms with E-state index in [9.17, 15) is 9.59 Å². The Morgan fingerprint density at radius 1 is 1.28 bits per heavy atom. The van der Waals surface area contributed by atoms with Crippen molar-refractivity contribution in [3.05, 3.63) is 29.8 Å². The first-order valence-electron chi connectivity index (χ1n) is 6.05. The minimum atomic E-state index is -0.854. The van der Waals surface area contributed by atoms with Gasteiger partial charge in [0.2, 0.25) is 5.91 Å². The second-order valence-corrected chi connectivity index (χ2v) is 5.30. The molecule has 1 aromatic rings. The van der Waals surface area contributed by atoms with Crippen molar-refractivity contribution in [2.45, 2.75) is 39.3 Å². The first-order chi connectivity index (χ1) is 8.33. The highest BCUT2D eigenvalue weighted by Crippen LogP contribution is 2.25. The number of carbonyl (C=O) groups is 2. The van der Waals surface area contributed by atoms with Gasteiger partial charge >= 0.3 is 0 Å². The summed E-state index contributed by atoms with van der Waals surface area (Å²) in [6.07, 6.45) is 0. The van der Waals surface area contributed by atoms with Gasteiger partial charge in [-0.15, -0.1) is 0 Å². The van der Waals surface area contributed by atoms with Crippen LogP contribution in [0.2, 0.25) is 0 Å². The lowest BCUT2D eigenvalue weighted by Gasteiger charge is -2.41. The molecular weight excluding hydrogens is 228 g/mol. The third kappa shape index (κ3) is 1.98. The molecule has 0 aliphatic carbocycles. The van der Waals surface area contributed by atoms with Gasteiger partial charge in [-0.1, -0.05) is 12.1 Å². The van der Waals surface area contributed by atoms with Crippen molar-refractivity contribution >= 4 is 17.5 Å². The van der Waals surface area contributed by atoms with Gasteiger partial charge in [-0.05, 0) is 45.4 Å². The maximum atomic E-state index is 12.4. The summed E-state index contributed by atoms with van der Waals surface area (Å²) in [5.74, 6) is -0.207. The molecule has 1 unspecified atom stereocenters. The fraction of sp³-hybridized carbons (Fsp3) is 0.429. The summed E-state index contributed by atoms with van der Waals surface area (Å²) in [5.41, 5.74) is 0.986. The van der Waals surface area contributed by atoms with E-state index in [1.165, 1.54) is 0 Å². The SMILES string of the molecule is Cc1cccc(N2C(=O)C(C)(C)NC(=O)C2C)c1. The van der Waals surface area contributed by atoms with Crippen molar-refractivity contribution in [2.24, 2.45) is 0 Å². The van der Waals surface area contributed by atoms with Crippen molar-refractivity contribution in [1.82, 2.24) is 5.32 Å². The molecule has 1 saturated heterocycles. The zero-order chi connectivity index (χ0) is 13.5. The lowest BCUT2D eigenvalue weighted by atomic mass is 9.96. The molecule has 0 aromatic heterocycles. The molecule has 1 atom stereocenters. The summed E-state index contributed by atoms with van der Waals surface area (Å²) < 4.78 is 0. The Balaban J connectivity index is 2.46. The van der Waals surface area contributed by atoms with Crippen molar-refractivity contribution in [3.63, 3.8) is 0 Å². The van der Waals surface area contributed by atoms with E-state index < -0.39 is 11.6 Å². The Hall–Kier alpha value is -1.84. The summed E-state index contributed by atoms with van der Waals surface area (Å²) in [6.45, 7) is 7.16. The fourth-order valence-corrected chi connectivity index (χ4v) is 2.18. The van der Waals surface area contributed by atoms with E-state index in [-0.39, 0.29) is 11.8 Å². The molecule has 4 heteroatoms. The number of hydrogen-bond acceptors (Lipinski definition) is 2. The third-order valence-electron chi connectivity index (χ3n) is 3.24. The van der Waals surface area contributed by atoms with E-state index in [1.807, 2.05) is 31.2 Å². The maximum Gasteiger partial charge on any atom is 0.252 e. The number of rotatable bonds is 1. The topological polar surface area (TPSA) is 49.4 Å². The van der Waals surface area contributed by atoms with Crippen LogP contribution in [-0.2, 0) is 9.59 Å². The van der Waals surface area contributed by atoms with Crippen LogP contribution in [0, 0.1) is 6.92 Å². The molecule has 0 saturated carbocycles. The smallest absolute Gasteiger partial charge is 0.252 e. The molecule has 1 aliphatic rings. The first-order valence-corrected chi connectivity index (χ1v) is 6.05. The van der Waals surface area contributed by atoms with Crippen LogP contribution < -0.4 is 10.2 Å². The van der Waals surface area contributed by atoms with E-state index in [2.05, 4.69) is 5.32 Å². The highest BCUT2D eigenvalue weighted by atomic mass is 16.2. The number of anilines is 1. The number of amides is 2. The van der Waals surface area contributed by atoms with E-state index in [4.69, 9.17) is 0 Å². The van der Waals surface area contributed by atoms with Crippen molar-refractivity contribution in [3.8, 4) is 0 Å². The second-order valence-electron chi connectivity index (χ2n) is 5.30. The van der Waals surface area contributed by atoms with Crippen molar-refractivity contribution in [1.29, 1.82) is 0 Å². The lowest BCUT2D eigenvalue weighted by Crippen LogP contribution is -2.67. The molecule has 4 nitrogen and oxygen atoms in total. The summed E-state index contributed by atoms with van der Waals surface area (Å²) in [5, 5.41) is 2.74. The van der Waals surface area contributed by atoms with Crippen LogP contribution in [0.5, 0.6) is 0 Å². The summed E-state index contributed by atoms with van der Waals surface area (Å²) in [4.78, 5) is 25.9. The highest BCUT2D eigenvalue weighted by molar-refractivity contribution is 6.10. The highest BCUT2D eigenvalue weighted by Gasteiger charge is 2.43. The zero-order valence-electron chi connectivity index (χ0n) is 11.2. The number of nitrogens with one attached hydrogen (secondary N) is 1. The maximum absolute atomic E-state index is 12.4. The van der Waals surface area contributed by atoms with Crippen LogP contribution in [0.25, 0.3) is 0 Å². The fourth-order valence-electron chi connectivity index (χ4n) is 2.18. The summed E-state index contributed by atoms with van der Waals surface area (Å²) in [7, 11) is 0. The van der Waals surface area contributed by atoms with Crippen LogP contribution in [0.3, 0.4) is 0 Å². The van der Waals surface area contributed by atoms with Crippen LogP contribution in [0.15, 0.2) is 24.3 Å². The standard InChI is InChI=1S/C14H18N2O2/c1-9-6-5-7-11(8-9)16-10(2)12(17)15-14(3,4)13(16)18/h5-8,10H,1-4H3,(H,15,17). The predicted molar refractivity (Wildman–Crippen MR) is 70.3 cm³/mol. The molecule has 1 N–H and O–H groups in total. The number of piperazine rings is 1. The van der Waals surface area contributed by atoms with Gasteiger partial charge in [-0.25, -0.2) is 0 Å². The largest absolute Gasteiger partial charge is 0.340 e. The molecule has 2 rings (SSSR count). The van der Waals surface area contributed by atoms with Crippen molar-refractivity contribution < 1.29 is 9.59 Å². The number of carbonyl (C=O) groups excluding carboxylic acids is 2. The monoisotopic (exact) mass is 246 g/mol. The molecule has 1 aliphatic heterocycles. The van der Waals surface area contributed by atoms with Gasteiger partial charge in [0, 0.05) is 5.69 Å². The average Bonchev–Trinajstić information content (AvgIpc) is 2.27. The Morgan fingerprint density at radius 2 is 1.94 bits per heavy atom. The van der Waals surface area contributed by atoms with Gasteiger partial charge in [0.1, 0.15) is 11.6 Å². The molecule has 0 bridgehead atoms. The zero-order valence-corrected chi connectivity index (χ0v) is 11.2. The molecular formula is C14H18N2O2. The minimum absolute atomic E-state index is 0.0831. The molecule has 0 spiro atoms. The molecule has 0 radical (unpaired) electrons. The Morgan fingerprint density at radius 3 is 2.56 bits per heavy atom. The lowest BCUT2D eigenvalue weighted by molar-refractivity contribution is -0.136. The summed E-state index contributed by atoms with van der Waals surface area (Å²) in [6, 6.07) is 7.16. The van der Waals surface area contributed by atoms with Gasteiger partial charge < -0.3 is 5.32 Å². The van der Waals surface area contributed by atoms with Gasteiger partial charge in [0.25, 0.3) is 5.91 Å². The average molecular weight is 246 g/mol. The number of hydrogen-bond donors (Lipinski definition) is 1. The molecule has 1 aromatic carbocycles.